The Kier molecular flexibility index (Phi) is 3.58. The molecule has 0 aliphatic carbocycles. The highest BCUT2D eigenvalue weighted by atomic mass is 28.3. The molecule has 0 bridgehead atoms. The molecule has 0 fully saturated rings. The molecule has 0 aromatic heterocycles. The van der Waals surface area contributed by atoms with Crippen LogP contribution in [-0.4, -0.2) is 30.5 Å². The molecule has 0 rings (SSSR count). The van der Waals surface area contributed by atoms with Crippen LogP contribution in [-0.2, 0) is 0 Å². The zero-order chi connectivity index (χ0) is 9.07. The van der Waals surface area contributed by atoms with Gasteiger partial charge in [0, 0.05) is 6.54 Å². The first-order chi connectivity index (χ1) is 4.89. The number of amides is 1. The third-order valence-electron chi connectivity index (χ3n) is 1.49. The molecule has 0 saturated carbocycles. The highest BCUT2D eigenvalue weighted by Crippen LogP contribution is 2.09. The summed E-state index contributed by atoms with van der Waals surface area (Å²) in [6.45, 7) is 8.78. The molecule has 11 heavy (non-hydrogen) atoms. The van der Waals surface area contributed by atoms with Gasteiger partial charge in [-0.2, -0.15) is 0 Å². The van der Waals surface area contributed by atoms with Crippen LogP contribution in [0.5, 0.6) is 0 Å². The first-order valence-corrected chi connectivity index (χ1v) is 7.35. The van der Waals surface area contributed by atoms with Crippen LogP contribution in [0, 0.1) is 0 Å². The van der Waals surface area contributed by atoms with Crippen LogP contribution in [0.2, 0.25) is 19.6 Å². The zero-order valence-electron chi connectivity index (χ0n) is 7.72. The van der Waals surface area contributed by atoms with Gasteiger partial charge in [0.05, 0.1) is 0 Å². The lowest BCUT2D eigenvalue weighted by Gasteiger charge is -2.30. The van der Waals surface area contributed by atoms with Crippen molar-refractivity contribution in [3.05, 3.63) is 0 Å². The molecular formula is C7H17NO2Si. The molecule has 0 unspecified atom stereocenters. The van der Waals surface area contributed by atoms with E-state index in [9.17, 15) is 4.79 Å². The molecule has 1 N–H and O–H groups in total. The Balaban J connectivity index is 4.22. The van der Waals surface area contributed by atoms with Crippen molar-refractivity contribution in [3.8, 4) is 0 Å². The van der Waals surface area contributed by atoms with Gasteiger partial charge in [-0.05, 0) is 6.42 Å². The van der Waals surface area contributed by atoms with E-state index in [0.29, 0.717) is 6.54 Å². The average Bonchev–Trinajstić information content (AvgIpc) is 1.79. The fourth-order valence-electron chi connectivity index (χ4n) is 0.942. The van der Waals surface area contributed by atoms with E-state index < -0.39 is 14.3 Å². The molecule has 4 heteroatoms. The topological polar surface area (TPSA) is 40.5 Å². The predicted molar refractivity (Wildman–Crippen MR) is 48.4 cm³/mol. The van der Waals surface area contributed by atoms with Crippen LogP contribution >= 0.6 is 0 Å². The maximum Gasteiger partial charge on any atom is 0.399 e. The van der Waals surface area contributed by atoms with E-state index in [2.05, 4.69) is 0 Å². The number of hydrogen-bond donors (Lipinski definition) is 1. The molecular weight excluding hydrogens is 158 g/mol. The first-order valence-electron chi connectivity index (χ1n) is 3.90. The quantitative estimate of drug-likeness (QED) is 0.668. The van der Waals surface area contributed by atoms with Gasteiger partial charge in [0.25, 0.3) is 0 Å². The molecule has 3 nitrogen and oxygen atoms in total. The summed E-state index contributed by atoms with van der Waals surface area (Å²) >= 11 is 0. The van der Waals surface area contributed by atoms with Gasteiger partial charge >= 0.3 is 6.09 Å². The van der Waals surface area contributed by atoms with Crippen molar-refractivity contribution in [2.24, 2.45) is 0 Å². The lowest BCUT2D eigenvalue weighted by Crippen LogP contribution is -2.49. The molecule has 0 radical (unpaired) electrons. The largest absolute Gasteiger partial charge is 0.465 e. The third kappa shape index (κ3) is 3.41. The normalized spacial score (nSPS) is 11.3. The van der Waals surface area contributed by atoms with Crippen molar-refractivity contribution in [3.63, 3.8) is 0 Å². The van der Waals surface area contributed by atoms with E-state index in [1.807, 2.05) is 26.6 Å². The maximum atomic E-state index is 10.7. The van der Waals surface area contributed by atoms with Gasteiger partial charge in [0.2, 0.25) is 0 Å². The summed E-state index contributed by atoms with van der Waals surface area (Å²) < 4.78 is 1.59. The zero-order valence-corrected chi connectivity index (χ0v) is 8.72. The smallest absolute Gasteiger partial charge is 0.399 e. The average molecular weight is 175 g/mol. The lowest BCUT2D eigenvalue weighted by atomic mass is 10.5. The van der Waals surface area contributed by atoms with Crippen LogP contribution in [0.1, 0.15) is 13.3 Å². The summed E-state index contributed by atoms with van der Waals surface area (Å²) in [7, 11) is -1.64. The molecule has 0 atom stereocenters. The van der Waals surface area contributed by atoms with Crippen molar-refractivity contribution in [1.82, 2.24) is 4.57 Å². The van der Waals surface area contributed by atoms with E-state index in [1.54, 1.807) is 4.57 Å². The molecule has 0 aliphatic heterocycles. The Morgan fingerprint density at radius 2 is 1.91 bits per heavy atom. The number of carbonyl (C=O) groups is 1. The highest BCUT2D eigenvalue weighted by Gasteiger charge is 2.27. The second-order valence-corrected chi connectivity index (χ2v) is 8.49. The summed E-state index contributed by atoms with van der Waals surface area (Å²) in [6, 6.07) is 0. The van der Waals surface area contributed by atoms with E-state index in [4.69, 9.17) is 5.11 Å². The Labute approximate surface area is 69.1 Å². The molecule has 66 valence electrons. The van der Waals surface area contributed by atoms with Crippen LogP contribution in [0.15, 0.2) is 0 Å². The van der Waals surface area contributed by atoms with Crippen molar-refractivity contribution in [2.45, 2.75) is 33.0 Å². The molecule has 0 saturated heterocycles. The van der Waals surface area contributed by atoms with Gasteiger partial charge in [0.1, 0.15) is 0 Å². The monoisotopic (exact) mass is 175 g/mol. The SMILES string of the molecule is CCCN(C(=O)O)[Si](C)(C)C. The second kappa shape index (κ2) is 3.76. The molecule has 0 heterocycles. The molecule has 0 spiro atoms. The van der Waals surface area contributed by atoms with Gasteiger partial charge < -0.3 is 9.67 Å². The van der Waals surface area contributed by atoms with E-state index in [0.717, 1.165) is 6.42 Å². The van der Waals surface area contributed by atoms with E-state index >= 15 is 0 Å². The Morgan fingerprint density at radius 3 is 2.00 bits per heavy atom. The van der Waals surface area contributed by atoms with Crippen molar-refractivity contribution < 1.29 is 9.90 Å². The standard InChI is InChI=1S/C7H17NO2Si/c1-5-6-8(7(9)10)11(2,3)4/h5-6H2,1-4H3,(H,9,10). The minimum atomic E-state index is -1.64. The second-order valence-electron chi connectivity index (χ2n) is 3.61. The Morgan fingerprint density at radius 1 is 1.45 bits per heavy atom. The van der Waals surface area contributed by atoms with Crippen molar-refractivity contribution >= 4 is 14.3 Å². The molecule has 0 aliphatic rings. The van der Waals surface area contributed by atoms with Crippen molar-refractivity contribution in [2.75, 3.05) is 6.54 Å². The number of nitrogens with zero attached hydrogens (tertiary/aromatic N) is 1. The summed E-state index contributed by atoms with van der Waals surface area (Å²) in [4.78, 5) is 10.7. The summed E-state index contributed by atoms with van der Waals surface area (Å²) in [5, 5.41) is 8.80. The summed E-state index contributed by atoms with van der Waals surface area (Å²) in [5.74, 6) is 0. The van der Waals surface area contributed by atoms with Crippen LogP contribution in [0.4, 0.5) is 4.79 Å². The Hall–Kier alpha value is -0.513. The number of rotatable bonds is 3. The summed E-state index contributed by atoms with van der Waals surface area (Å²) in [5.41, 5.74) is 0. The fourth-order valence-corrected chi connectivity index (χ4v) is 2.41. The first kappa shape index (κ1) is 10.5. The van der Waals surface area contributed by atoms with E-state index in [-0.39, 0.29) is 0 Å². The number of hydrogen-bond acceptors (Lipinski definition) is 1. The predicted octanol–water partition coefficient (Wildman–Crippen LogP) is 2.21. The van der Waals surface area contributed by atoms with Crippen LogP contribution in [0.25, 0.3) is 0 Å². The van der Waals surface area contributed by atoms with Gasteiger partial charge in [-0.15, -0.1) is 0 Å². The number of carboxylic acid groups (broad SMARTS) is 1. The van der Waals surface area contributed by atoms with E-state index in [1.165, 1.54) is 0 Å². The highest BCUT2D eigenvalue weighted by molar-refractivity contribution is 6.75. The van der Waals surface area contributed by atoms with Gasteiger partial charge in [-0.3, -0.25) is 0 Å². The third-order valence-corrected chi connectivity index (χ3v) is 3.52. The van der Waals surface area contributed by atoms with Gasteiger partial charge in [-0.1, -0.05) is 26.6 Å². The van der Waals surface area contributed by atoms with Crippen LogP contribution < -0.4 is 0 Å². The molecule has 0 aromatic carbocycles. The maximum absolute atomic E-state index is 10.7. The van der Waals surface area contributed by atoms with Gasteiger partial charge in [-0.25, -0.2) is 4.79 Å². The molecule has 1 amide bonds. The Bertz CT molecular complexity index is 142. The molecule has 0 aromatic rings. The van der Waals surface area contributed by atoms with Crippen molar-refractivity contribution in [1.29, 1.82) is 0 Å². The summed E-state index contributed by atoms with van der Waals surface area (Å²) in [6.07, 6.45) is 0.127. The fraction of sp³-hybridized carbons (Fsp3) is 0.857. The minimum Gasteiger partial charge on any atom is -0.465 e. The minimum absolute atomic E-state index is 0.672. The van der Waals surface area contributed by atoms with Gasteiger partial charge in [0.15, 0.2) is 8.24 Å². The van der Waals surface area contributed by atoms with Crippen LogP contribution in [0.3, 0.4) is 0 Å². The lowest BCUT2D eigenvalue weighted by molar-refractivity contribution is 0.170.